The summed E-state index contributed by atoms with van der Waals surface area (Å²) in [5, 5.41) is 0. The van der Waals surface area contributed by atoms with E-state index in [0.717, 1.165) is 11.0 Å². The summed E-state index contributed by atoms with van der Waals surface area (Å²) in [5.74, 6) is -4.10. The molecule has 2 nitrogen and oxygen atoms in total. The SMILES string of the molecule is [2H]C([2H])([2H])N1CC(Oc2cc(F)cc(F)c2F)C1. The number of likely N-dealkylation sites (tertiary alicyclic amines) is 1. The molecule has 0 aliphatic carbocycles. The molecule has 1 saturated heterocycles. The summed E-state index contributed by atoms with van der Waals surface area (Å²) in [6.07, 6.45) is -0.582. The number of halogens is 3. The molecular formula is C10H10F3NO. The van der Waals surface area contributed by atoms with Crippen molar-refractivity contribution in [2.24, 2.45) is 0 Å². The first-order valence-corrected chi connectivity index (χ1v) is 4.33. The minimum Gasteiger partial charge on any atom is -0.484 e. The van der Waals surface area contributed by atoms with Gasteiger partial charge in [0.1, 0.15) is 11.9 Å². The molecule has 1 aliphatic heterocycles. The standard InChI is InChI=1S/C10H10F3NO/c1-14-4-7(5-14)15-9-3-6(11)2-8(12)10(9)13/h2-3,7H,4-5H2,1H3/i1D3. The highest BCUT2D eigenvalue weighted by molar-refractivity contribution is 5.26. The molecule has 0 spiro atoms. The molecule has 0 amide bonds. The second-order valence-corrected chi connectivity index (χ2v) is 3.34. The Morgan fingerprint density at radius 3 is 2.80 bits per heavy atom. The van der Waals surface area contributed by atoms with Crippen molar-refractivity contribution in [3.05, 3.63) is 29.6 Å². The van der Waals surface area contributed by atoms with Gasteiger partial charge in [-0.3, -0.25) is 4.90 Å². The monoisotopic (exact) mass is 220 g/mol. The van der Waals surface area contributed by atoms with Crippen LogP contribution in [0.4, 0.5) is 13.2 Å². The third-order valence-corrected chi connectivity index (χ3v) is 2.10. The molecule has 1 aromatic rings. The normalized spacial score (nSPS) is 21.4. The lowest BCUT2D eigenvalue weighted by Crippen LogP contribution is -2.51. The highest BCUT2D eigenvalue weighted by atomic mass is 19.2. The van der Waals surface area contributed by atoms with E-state index in [1.54, 1.807) is 0 Å². The molecule has 15 heavy (non-hydrogen) atoms. The van der Waals surface area contributed by atoms with Crippen LogP contribution in [0.15, 0.2) is 12.1 Å². The van der Waals surface area contributed by atoms with E-state index in [-0.39, 0.29) is 13.1 Å². The molecule has 1 aromatic carbocycles. The fourth-order valence-corrected chi connectivity index (χ4v) is 1.31. The Morgan fingerprint density at radius 1 is 1.40 bits per heavy atom. The maximum absolute atomic E-state index is 13.2. The summed E-state index contributed by atoms with van der Waals surface area (Å²) >= 11 is 0. The minimum absolute atomic E-state index is 0.0636. The highest BCUT2D eigenvalue weighted by Gasteiger charge is 2.26. The van der Waals surface area contributed by atoms with Gasteiger partial charge < -0.3 is 4.74 Å². The lowest BCUT2D eigenvalue weighted by Gasteiger charge is -2.36. The Balaban J connectivity index is 2.01. The van der Waals surface area contributed by atoms with Crippen LogP contribution in [0.25, 0.3) is 0 Å². The van der Waals surface area contributed by atoms with Crippen LogP contribution in [0.1, 0.15) is 4.11 Å². The van der Waals surface area contributed by atoms with Crippen molar-refractivity contribution in [3.8, 4) is 5.75 Å². The summed E-state index contributed by atoms with van der Waals surface area (Å²) in [6.45, 7) is -2.10. The number of hydrogen-bond donors (Lipinski definition) is 0. The van der Waals surface area contributed by atoms with Crippen molar-refractivity contribution in [2.75, 3.05) is 20.1 Å². The van der Waals surface area contributed by atoms with Gasteiger partial charge in [0, 0.05) is 29.3 Å². The van der Waals surface area contributed by atoms with Gasteiger partial charge in [-0.15, -0.1) is 0 Å². The highest BCUT2D eigenvalue weighted by Crippen LogP contribution is 2.24. The topological polar surface area (TPSA) is 12.5 Å². The van der Waals surface area contributed by atoms with E-state index < -0.39 is 36.3 Å². The van der Waals surface area contributed by atoms with Gasteiger partial charge in [0.25, 0.3) is 0 Å². The summed E-state index contributed by atoms with van der Waals surface area (Å²) in [5.41, 5.74) is 0. The maximum Gasteiger partial charge on any atom is 0.200 e. The maximum atomic E-state index is 13.2. The Kier molecular flexibility index (Phi) is 1.77. The first kappa shape index (κ1) is 7.11. The van der Waals surface area contributed by atoms with Gasteiger partial charge in [0.05, 0.1) is 0 Å². The fraction of sp³-hybridized carbons (Fsp3) is 0.400. The van der Waals surface area contributed by atoms with Gasteiger partial charge in [0.15, 0.2) is 11.6 Å². The molecule has 5 heteroatoms. The lowest BCUT2D eigenvalue weighted by atomic mass is 10.2. The van der Waals surface area contributed by atoms with Gasteiger partial charge in [-0.2, -0.15) is 4.39 Å². The summed E-state index contributed by atoms with van der Waals surface area (Å²) in [7, 11) is 0. The van der Waals surface area contributed by atoms with Crippen molar-refractivity contribution in [2.45, 2.75) is 6.10 Å². The molecule has 1 fully saturated rings. The van der Waals surface area contributed by atoms with Crippen molar-refractivity contribution in [3.63, 3.8) is 0 Å². The summed E-state index contributed by atoms with van der Waals surface area (Å²) in [4.78, 5) is 1.14. The van der Waals surface area contributed by atoms with Crippen LogP contribution in [0, 0.1) is 17.5 Å². The van der Waals surface area contributed by atoms with Gasteiger partial charge >= 0.3 is 0 Å². The first-order chi connectivity index (χ1) is 8.27. The van der Waals surface area contributed by atoms with Gasteiger partial charge in [-0.25, -0.2) is 8.78 Å². The van der Waals surface area contributed by atoms with Crippen molar-refractivity contribution in [1.82, 2.24) is 4.90 Å². The predicted molar refractivity (Wildman–Crippen MR) is 48.2 cm³/mol. The molecule has 82 valence electrons. The van der Waals surface area contributed by atoms with Gasteiger partial charge in [0.2, 0.25) is 5.82 Å². The average molecular weight is 220 g/mol. The van der Waals surface area contributed by atoms with Crippen LogP contribution >= 0.6 is 0 Å². The molecule has 0 radical (unpaired) electrons. The Morgan fingerprint density at radius 2 is 2.13 bits per heavy atom. The smallest absolute Gasteiger partial charge is 0.200 e. The molecule has 0 bridgehead atoms. The zero-order valence-corrected chi connectivity index (χ0v) is 7.64. The van der Waals surface area contributed by atoms with Crippen LogP contribution in [-0.2, 0) is 0 Å². The Labute approximate surface area is 89.5 Å². The van der Waals surface area contributed by atoms with E-state index in [9.17, 15) is 13.2 Å². The van der Waals surface area contributed by atoms with Crippen molar-refractivity contribution >= 4 is 0 Å². The fourth-order valence-electron chi connectivity index (χ4n) is 1.31. The molecule has 0 saturated carbocycles. The molecular weight excluding hydrogens is 207 g/mol. The molecule has 1 heterocycles. The van der Waals surface area contributed by atoms with E-state index in [4.69, 9.17) is 8.85 Å². The number of likely N-dealkylation sites (N-methyl/N-ethyl adjacent to an activating group) is 1. The lowest BCUT2D eigenvalue weighted by molar-refractivity contribution is 0.0353. The largest absolute Gasteiger partial charge is 0.484 e. The number of benzene rings is 1. The van der Waals surface area contributed by atoms with Gasteiger partial charge in [-0.1, -0.05) is 0 Å². The van der Waals surface area contributed by atoms with E-state index in [0.29, 0.717) is 6.07 Å². The zero-order chi connectivity index (χ0) is 13.5. The quantitative estimate of drug-likeness (QED) is 0.704. The van der Waals surface area contributed by atoms with E-state index >= 15 is 0 Å². The van der Waals surface area contributed by atoms with Gasteiger partial charge in [-0.05, 0) is 6.98 Å². The molecule has 0 unspecified atom stereocenters. The molecule has 0 aromatic heterocycles. The van der Waals surface area contributed by atoms with Crippen LogP contribution in [0.5, 0.6) is 5.75 Å². The number of rotatable bonds is 2. The third kappa shape index (κ3) is 2.07. The average Bonchev–Trinajstić information content (AvgIpc) is 2.15. The number of nitrogens with zero attached hydrogens (tertiary/aromatic N) is 1. The molecule has 0 N–H and O–H groups in total. The second kappa shape index (κ2) is 3.73. The number of hydrogen-bond acceptors (Lipinski definition) is 2. The van der Waals surface area contributed by atoms with Crippen LogP contribution in [0.2, 0.25) is 0 Å². The summed E-state index contributed by atoms with van der Waals surface area (Å²) < 4.78 is 65.2. The minimum atomic E-state index is -2.23. The third-order valence-electron chi connectivity index (χ3n) is 2.10. The Hall–Kier alpha value is -1.23. The number of ether oxygens (including phenoxy) is 1. The van der Waals surface area contributed by atoms with E-state index in [1.807, 2.05) is 0 Å². The van der Waals surface area contributed by atoms with E-state index in [1.165, 1.54) is 0 Å². The second-order valence-electron chi connectivity index (χ2n) is 3.34. The van der Waals surface area contributed by atoms with Crippen molar-refractivity contribution in [1.29, 1.82) is 0 Å². The summed E-state index contributed by atoms with van der Waals surface area (Å²) in [6, 6.07) is 1.15. The first-order valence-electron chi connectivity index (χ1n) is 5.83. The van der Waals surface area contributed by atoms with Crippen LogP contribution < -0.4 is 4.74 Å². The van der Waals surface area contributed by atoms with E-state index in [2.05, 4.69) is 0 Å². The predicted octanol–water partition coefficient (Wildman–Crippen LogP) is 1.80. The molecule has 2 rings (SSSR count). The van der Waals surface area contributed by atoms with Crippen LogP contribution in [-0.4, -0.2) is 31.1 Å². The molecule has 0 atom stereocenters. The Bertz CT molecular complexity index is 460. The zero-order valence-electron chi connectivity index (χ0n) is 10.6. The molecule has 1 aliphatic rings. The van der Waals surface area contributed by atoms with Crippen LogP contribution in [0.3, 0.4) is 0 Å². The van der Waals surface area contributed by atoms with Crippen molar-refractivity contribution < 1.29 is 22.0 Å².